The van der Waals surface area contributed by atoms with Gasteiger partial charge < -0.3 is 9.88 Å². The molecule has 0 bridgehead atoms. The SMILES string of the molecule is Cc1cc(NC(=O)c2ccc(F)cc2)n(-c2nc3ccccc3n2Cc2cccc(Cl)c2)n1. The molecule has 0 spiro atoms. The number of rotatable bonds is 5. The summed E-state index contributed by atoms with van der Waals surface area (Å²) in [6, 6.07) is 22.6. The van der Waals surface area contributed by atoms with Crippen LogP contribution in [0.4, 0.5) is 10.2 Å². The number of para-hydroxylation sites is 2. The topological polar surface area (TPSA) is 64.7 Å². The van der Waals surface area contributed by atoms with Crippen molar-refractivity contribution < 1.29 is 9.18 Å². The summed E-state index contributed by atoms with van der Waals surface area (Å²) in [5, 5.41) is 8.12. The molecule has 2 aromatic heterocycles. The van der Waals surface area contributed by atoms with Crippen molar-refractivity contribution in [2.45, 2.75) is 13.5 Å². The van der Waals surface area contributed by atoms with Crippen LogP contribution in [0.3, 0.4) is 0 Å². The second-order valence-corrected chi connectivity index (χ2v) is 8.10. The lowest BCUT2D eigenvalue weighted by atomic mass is 10.2. The summed E-state index contributed by atoms with van der Waals surface area (Å²) < 4.78 is 16.9. The highest BCUT2D eigenvalue weighted by Gasteiger charge is 2.19. The first-order chi connectivity index (χ1) is 16.0. The minimum Gasteiger partial charge on any atom is -0.306 e. The van der Waals surface area contributed by atoms with Gasteiger partial charge in [0.2, 0.25) is 5.95 Å². The standard InChI is InChI=1S/C25H19ClFN5O/c1-16-13-23(29-24(33)18-9-11-20(27)12-10-18)32(30-16)25-28-21-7-2-3-8-22(21)31(25)15-17-5-4-6-19(26)14-17/h2-14H,15H2,1H3,(H,29,33). The van der Waals surface area contributed by atoms with Crippen molar-refractivity contribution in [1.82, 2.24) is 19.3 Å². The van der Waals surface area contributed by atoms with Gasteiger partial charge in [-0.1, -0.05) is 35.9 Å². The number of hydrogen-bond donors (Lipinski definition) is 1. The lowest BCUT2D eigenvalue weighted by Gasteiger charge is -2.12. The smallest absolute Gasteiger partial charge is 0.256 e. The van der Waals surface area contributed by atoms with E-state index in [0.29, 0.717) is 34.6 Å². The molecule has 2 heterocycles. The largest absolute Gasteiger partial charge is 0.306 e. The van der Waals surface area contributed by atoms with E-state index < -0.39 is 5.82 Å². The summed E-state index contributed by atoms with van der Waals surface area (Å²) in [6.45, 7) is 2.36. The van der Waals surface area contributed by atoms with Gasteiger partial charge in [-0.2, -0.15) is 9.78 Å². The third kappa shape index (κ3) is 4.23. The predicted molar refractivity (Wildman–Crippen MR) is 126 cm³/mol. The first kappa shape index (κ1) is 20.9. The van der Waals surface area contributed by atoms with Crippen LogP contribution < -0.4 is 5.32 Å². The molecule has 8 heteroatoms. The number of imidazole rings is 1. The van der Waals surface area contributed by atoms with E-state index in [1.54, 1.807) is 10.7 Å². The van der Waals surface area contributed by atoms with E-state index in [4.69, 9.17) is 16.6 Å². The van der Waals surface area contributed by atoms with Gasteiger partial charge >= 0.3 is 0 Å². The van der Waals surface area contributed by atoms with Gasteiger partial charge in [-0.05, 0) is 61.0 Å². The number of amides is 1. The van der Waals surface area contributed by atoms with Gasteiger partial charge in [0.25, 0.3) is 5.91 Å². The molecule has 1 N–H and O–H groups in total. The molecule has 0 unspecified atom stereocenters. The van der Waals surface area contributed by atoms with E-state index in [9.17, 15) is 9.18 Å². The van der Waals surface area contributed by atoms with Crippen LogP contribution in [0.15, 0.2) is 78.9 Å². The van der Waals surface area contributed by atoms with Crippen molar-refractivity contribution >= 4 is 34.4 Å². The summed E-state index contributed by atoms with van der Waals surface area (Å²) in [6.07, 6.45) is 0. The maximum atomic E-state index is 13.3. The van der Waals surface area contributed by atoms with E-state index in [0.717, 1.165) is 16.6 Å². The Labute approximate surface area is 194 Å². The number of nitrogens with one attached hydrogen (secondary N) is 1. The molecule has 0 aliphatic heterocycles. The molecule has 33 heavy (non-hydrogen) atoms. The van der Waals surface area contributed by atoms with Crippen LogP contribution in [0.5, 0.6) is 0 Å². The molecule has 1 amide bonds. The molecule has 0 fully saturated rings. The van der Waals surface area contributed by atoms with Crippen LogP contribution in [0, 0.1) is 12.7 Å². The van der Waals surface area contributed by atoms with Gasteiger partial charge in [0.1, 0.15) is 11.6 Å². The molecule has 0 radical (unpaired) electrons. The lowest BCUT2D eigenvalue weighted by molar-refractivity contribution is 0.102. The minimum atomic E-state index is -0.401. The van der Waals surface area contributed by atoms with Crippen LogP contribution >= 0.6 is 11.6 Å². The number of anilines is 1. The fourth-order valence-corrected chi connectivity index (χ4v) is 3.94. The Morgan fingerprint density at radius 1 is 1.03 bits per heavy atom. The number of nitrogens with zero attached hydrogens (tertiary/aromatic N) is 4. The molecule has 0 saturated heterocycles. The second-order valence-electron chi connectivity index (χ2n) is 7.66. The van der Waals surface area contributed by atoms with Crippen LogP contribution in [0.1, 0.15) is 21.6 Å². The van der Waals surface area contributed by atoms with Crippen molar-refractivity contribution in [3.63, 3.8) is 0 Å². The summed E-state index contributed by atoms with van der Waals surface area (Å²) in [5.74, 6) is 0.249. The Morgan fingerprint density at radius 3 is 2.61 bits per heavy atom. The van der Waals surface area contributed by atoms with Gasteiger partial charge in [0.05, 0.1) is 23.3 Å². The molecule has 164 valence electrons. The maximum absolute atomic E-state index is 13.3. The monoisotopic (exact) mass is 459 g/mol. The average Bonchev–Trinajstić information content (AvgIpc) is 3.34. The Balaban J connectivity index is 1.58. The molecular formula is C25H19ClFN5O. The van der Waals surface area contributed by atoms with Gasteiger partial charge in [-0.3, -0.25) is 4.79 Å². The molecule has 0 atom stereocenters. The number of fused-ring (bicyclic) bond motifs is 1. The number of hydrogen-bond acceptors (Lipinski definition) is 3. The van der Waals surface area contributed by atoms with Crippen molar-refractivity contribution in [3.8, 4) is 5.95 Å². The van der Waals surface area contributed by atoms with Crippen molar-refractivity contribution in [1.29, 1.82) is 0 Å². The highest BCUT2D eigenvalue weighted by Crippen LogP contribution is 2.25. The van der Waals surface area contributed by atoms with Gasteiger partial charge in [0, 0.05) is 16.7 Å². The fraction of sp³-hybridized carbons (Fsp3) is 0.0800. The molecule has 0 aliphatic carbocycles. The Morgan fingerprint density at radius 2 is 1.82 bits per heavy atom. The van der Waals surface area contributed by atoms with Gasteiger partial charge in [0.15, 0.2) is 0 Å². The minimum absolute atomic E-state index is 0.342. The maximum Gasteiger partial charge on any atom is 0.256 e. The number of carbonyl (C=O) groups excluding carboxylic acids is 1. The average molecular weight is 460 g/mol. The summed E-state index contributed by atoms with van der Waals surface area (Å²) in [4.78, 5) is 17.6. The fourth-order valence-electron chi connectivity index (χ4n) is 3.73. The van der Waals surface area contributed by atoms with E-state index in [2.05, 4.69) is 10.4 Å². The summed E-state index contributed by atoms with van der Waals surface area (Å²) in [7, 11) is 0. The van der Waals surface area contributed by atoms with Crippen molar-refractivity contribution in [2.75, 3.05) is 5.32 Å². The Hall–Kier alpha value is -3.97. The molecule has 0 aliphatic rings. The molecule has 3 aromatic carbocycles. The van der Waals surface area contributed by atoms with E-state index in [1.165, 1.54) is 24.3 Å². The molecule has 0 saturated carbocycles. The van der Waals surface area contributed by atoms with E-state index in [1.807, 2.05) is 60.0 Å². The molecular weight excluding hydrogens is 441 g/mol. The quantitative estimate of drug-likeness (QED) is 0.371. The highest BCUT2D eigenvalue weighted by atomic mass is 35.5. The van der Waals surface area contributed by atoms with Crippen LogP contribution in [0.2, 0.25) is 5.02 Å². The third-order valence-corrected chi connectivity index (χ3v) is 5.47. The summed E-state index contributed by atoms with van der Waals surface area (Å²) >= 11 is 6.20. The molecule has 5 aromatic rings. The number of aryl methyl sites for hydroxylation is 1. The zero-order chi connectivity index (χ0) is 22.9. The number of benzene rings is 3. The van der Waals surface area contributed by atoms with E-state index in [-0.39, 0.29) is 5.91 Å². The zero-order valence-corrected chi connectivity index (χ0v) is 18.4. The zero-order valence-electron chi connectivity index (χ0n) is 17.7. The second kappa shape index (κ2) is 8.52. The first-order valence-electron chi connectivity index (χ1n) is 10.3. The summed E-state index contributed by atoms with van der Waals surface area (Å²) in [5.41, 5.74) is 3.79. The highest BCUT2D eigenvalue weighted by molar-refractivity contribution is 6.30. The Bertz CT molecular complexity index is 1470. The Kier molecular flexibility index (Phi) is 5.40. The lowest BCUT2D eigenvalue weighted by Crippen LogP contribution is -2.17. The number of carbonyl (C=O) groups is 1. The molecule has 6 nitrogen and oxygen atoms in total. The first-order valence-corrected chi connectivity index (χ1v) is 10.7. The van der Waals surface area contributed by atoms with Crippen LogP contribution in [0.25, 0.3) is 17.0 Å². The predicted octanol–water partition coefficient (Wildman–Crippen LogP) is 5.62. The normalized spacial score (nSPS) is 11.1. The molecule has 5 rings (SSSR count). The van der Waals surface area contributed by atoms with Crippen LogP contribution in [-0.4, -0.2) is 25.2 Å². The van der Waals surface area contributed by atoms with E-state index >= 15 is 0 Å². The van der Waals surface area contributed by atoms with Crippen LogP contribution in [-0.2, 0) is 6.54 Å². The number of halogens is 2. The van der Waals surface area contributed by atoms with Gasteiger partial charge in [-0.15, -0.1) is 0 Å². The number of aromatic nitrogens is 4. The third-order valence-electron chi connectivity index (χ3n) is 5.23. The van der Waals surface area contributed by atoms with Gasteiger partial charge in [-0.25, -0.2) is 9.37 Å². The van der Waals surface area contributed by atoms with Crippen molar-refractivity contribution in [3.05, 3.63) is 107 Å². The van der Waals surface area contributed by atoms with Crippen molar-refractivity contribution in [2.24, 2.45) is 0 Å².